The number of nitrogens with two attached hydrogens (primary N) is 2. The SMILES string of the molecule is C=CCN(C(=O)[C@@H](NC(=O)OCC1c2ccccc2-c2ccccc21)C(=O)[C@H](C)N)[C@@H](C(=O)O)C(=O)[C@H](C)N. The lowest BCUT2D eigenvalue weighted by Crippen LogP contribution is -2.62. The zero-order valence-electron chi connectivity index (χ0n) is 21.7. The molecule has 39 heavy (non-hydrogen) atoms. The molecule has 2 aromatic carbocycles. The lowest BCUT2D eigenvalue weighted by Gasteiger charge is -2.31. The summed E-state index contributed by atoms with van der Waals surface area (Å²) in [6, 6.07) is 9.05. The van der Waals surface area contributed by atoms with E-state index in [1.165, 1.54) is 19.9 Å². The molecule has 11 heteroatoms. The highest BCUT2D eigenvalue weighted by Crippen LogP contribution is 2.44. The number of nitrogens with zero attached hydrogens (tertiary/aromatic N) is 1. The Morgan fingerprint density at radius 3 is 1.95 bits per heavy atom. The normalized spacial score (nSPS) is 15.1. The van der Waals surface area contributed by atoms with Crippen LogP contribution in [-0.2, 0) is 23.9 Å². The Bertz CT molecular complexity index is 1240. The number of carbonyl (C=O) groups excluding carboxylic acids is 4. The van der Waals surface area contributed by atoms with E-state index in [0.717, 1.165) is 22.3 Å². The smallest absolute Gasteiger partial charge is 0.408 e. The van der Waals surface area contributed by atoms with Crippen LogP contribution in [0.15, 0.2) is 61.2 Å². The number of ketones is 2. The van der Waals surface area contributed by atoms with E-state index >= 15 is 0 Å². The molecule has 0 aliphatic heterocycles. The van der Waals surface area contributed by atoms with Gasteiger partial charge in [-0.15, -0.1) is 6.58 Å². The number of hydrogen-bond donors (Lipinski definition) is 4. The largest absolute Gasteiger partial charge is 0.479 e. The van der Waals surface area contributed by atoms with Crippen molar-refractivity contribution in [3.63, 3.8) is 0 Å². The Morgan fingerprint density at radius 1 is 0.974 bits per heavy atom. The van der Waals surface area contributed by atoms with Crippen molar-refractivity contribution in [3.8, 4) is 11.1 Å². The van der Waals surface area contributed by atoms with E-state index in [-0.39, 0.29) is 12.5 Å². The number of carboxylic acid groups (broad SMARTS) is 1. The number of carbonyl (C=O) groups is 5. The van der Waals surface area contributed by atoms with E-state index in [1.807, 2.05) is 48.5 Å². The van der Waals surface area contributed by atoms with Crippen LogP contribution in [-0.4, -0.2) is 76.9 Å². The molecule has 0 spiro atoms. The second kappa shape index (κ2) is 12.5. The second-order valence-electron chi connectivity index (χ2n) is 9.31. The maximum Gasteiger partial charge on any atom is 0.408 e. The van der Waals surface area contributed by atoms with Gasteiger partial charge in [-0.1, -0.05) is 54.6 Å². The summed E-state index contributed by atoms with van der Waals surface area (Å²) in [5.41, 5.74) is 15.2. The second-order valence-corrected chi connectivity index (χ2v) is 9.31. The van der Waals surface area contributed by atoms with Crippen molar-refractivity contribution in [2.24, 2.45) is 11.5 Å². The minimum atomic E-state index is -2.01. The number of nitrogens with one attached hydrogen (secondary N) is 1. The van der Waals surface area contributed by atoms with Gasteiger partial charge in [0.05, 0.1) is 12.1 Å². The molecular formula is C28H32N4O7. The molecule has 3 rings (SSSR count). The van der Waals surface area contributed by atoms with Crippen LogP contribution in [0.2, 0.25) is 0 Å². The summed E-state index contributed by atoms with van der Waals surface area (Å²) in [6.07, 6.45) is 0.0939. The van der Waals surface area contributed by atoms with E-state index in [9.17, 15) is 29.1 Å². The Labute approximate surface area is 225 Å². The van der Waals surface area contributed by atoms with Crippen molar-refractivity contribution in [2.75, 3.05) is 13.2 Å². The van der Waals surface area contributed by atoms with Crippen molar-refractivity contribution < 1.29 is 33.8 Å². The first kappa shape index (κ1) is 29.2. The molecule has 1 aliphatic rings. The maximum absolute atomic E-state index is 13.5. The van der Waals surface area contributed by atoms with Gasteiger partial charge in [-0.3, -0.25) is 14.4 Å². The summed E-state index contributed by atoms with van der Waals surface area (Å²) in [7, 11) is 0. The first-order valence-corrected chi connectivity index (χ1v) is 12.3. The molecule has 0 fully saturated rings. The summed E-state index contributed by atoms with van der Waals surface area (Å²) in [5, 5.41) is 11.9. The molecule has 6 N–H and O–H groups in total. The van der Waals surface area contributed by atoms with Crippen LogP contribution in [0.5, 0.6) is 0 Å². The highest BCUT2D eigenvalue weighted by Gasteiger charge is 2.42. The average molecular weight is 537 g/mol. The molecule has 0 radical (unpaired) electrons. The molecule has 0 unspecified atom stereocenters. The quantitative estimate of drug-likeness (QED) is 0.229. The van der Waals surface area contributed by atoms with Gasteiger partial charge in [0.15, 0.2) is 23.7 Å². The van der Waals surface area contributed by atoms with E-state index in [0.29, 0.717) is 4.90 Å². The number of amides is 2. The van der Waals surface area contributed by atoms with E-state index in [1.54, 1.807) is 0 Å². The number of fused-ring (bicyclic) bond motifs is 3. The number of alkyl carbamates (subject to hydrolysis) is 1. The number of ether oxygens (including phenoxy) is 1. The Kier molecular flexibility index (Phi) is 9.33. The van der Waals surface area contributed by atoms with E-state index < -0.39 is 60.2 Å². The molecule has 0 heterocycles. The van der Waals surface area contributed by atoms with Crippen molar-refractivity contribution in [1.29, 1.82) is 0 Å². The van der Waals surface area contributed by atoms with Crippen molar-refractivity contribution in [2.45, 2.75) is 43.9 Å². The number of rotatable bonds is 12. The van der Waals surface area contributed by atoms with Crippen molar-refractivity contribution >= 4 is 29.5 Å². The van der Waals surface area contributed by atoms with Gasteiger partial charge in [0.2, 0.25) is 0 Å². The molecular weight excluding hydrogens is 504 g/mol. The fourth-order valence-corrected chi connectivity index (χ4v) is 4.56. The molecule has 0 bridgehead atoms. The highest BCUT2D eigenvalue weighted by atomic mass is 16.5. The molecule has 2 amide bonds. The fourth-order valence-electron chi connectivity index (χ4n) is 4.56. The van der Waals surface area contributed by atoms with Crippen LogP contribution in [0.1, 0.15) is 30.9 Å². The third kappa shape index (κ3) is 6.21. The molecule has 0 saturated carbocycles. The number of benzene rings is 2. The van der Waals surface area contributed by atoms with Crippen LogP contribution in [0.3, 0.4) is 0 Å². The van der Waals surface area contributed by atoms with Gasteiger partial charge in [0.1, 0.15) is 6.61 Å². The Balaban J connectivity index is 1.84. The first-order chi connectivity index (χ1) is 18.5. The van der Waals surface area contributed by atoms with E-state index in [4.69, 9.17) is 16.2 Å². The topological polar surface area (TPSA) is 182 Å². The van der Waals surface area contributed by atoms with Crippen LogP contribution in [0.4, 0.5) is 4.79 Å². The van der Waals surface area contributed by atoms with E-state index in [2.05, 4.69) is 11.9 Å². The maximum atomic E-state index is 13.5. The Hall–Kier alpha value is -4.35. The van der Waals surface area contributed by atoms with Crippen LogP contribution < -0.4 is 16.8 Å². The lowest BCUT2D eigenvalue weighted by molar-refractivity contribution is -0.156. The third-order valence-electron chi connectivity index (χ3n) is 6.46. The summed E-state index contributed by atoms with van der Waals surface area (Å²) in [5.74, 6) is -4.96. The molecule has 1 aliphatic carbocycles. The van der Waals surface area contributed by atoms with Crippen LogP contribution in [0.25, 0.3) is 11.1 Å². The van der Waals surface area contributed by atoms with Crippen molar-refractivity contribution in [3.05, 3.63) is 72.3 Å². The molecule has 4 atom stereocenters. The zero-order valence-corrected chi connectivity index (χ0v) is 21.7. The standard InChI is InChI=1S/C28H32N4O7/c1-4-13-32(23(27(36)37)25(34)16(3)30)26(35)22(24(33)15(2)29)31-28(38)39-14-21-19-11-7-5-9-17(19)18-10-6-8-12-20(18)21/h4-12,15-16,21-23H,1,13-14,29-30H2,2-3H3,(H,31,38)(H,36,37)/t15-,16-,22-,23+/m0/s1. The summed E-state index contributed by atoms with van der Waals surface area (Å²) in [6.45, 7) is 5.56. The third-order valence-corrected chi connectivity index (χ3v) is 6.46. The van der Waals surface area contributed by atoms with Crippen molar-refractivity contribution in [1.82, 2.24) is 10.2 Å². The fraction of sp³-hybridized carbons (Fsp3) is 0.321. The molecule has 206 valence electrons. The number of Topliss-reactive ketones (excluding diaryl/α,β-unsaturated/α-hetero) is 2. The molecule has 11 nitrogen and oxygen atoms in total. The zero-order chi connectivity index (χ0) is 28.9. The summed E-state index contributed by atoms with van der Waals surface area (Å²) in [4.78, 5) is 64.3. The van der Waals surface area contributed by atoms with Gasteiger partial charge in [0, 0.05) is 12.5 Å². The predicted molar refractivity (Wildman–Crippen MR) is 143 cm³/mol. The number of carboxylic acids is 1. The van der Waals surface area contributed by atoms with Crippen LogP contribution >= 0.6 is 0 Å². The highest BCUT2D eigenvalue weighted by molar-refractivity contribution is 6.13. The average Bonchev–Trinajstić information content (AvgIpc) is 3.22. The molecule has 0 aromatic heterocycles. The van der Waals surface area contributed by atoms with Gasteiger partial charge in [-0.05, 0) is 36.1 Å². The summed E-state index contributed by atoms with van der Waals surface area (Å²) >= 11 is 0. The Morgan fingerprint density at radius 2 is 1.49 bits per heavy atom. The minimum absolute atomic E-state index is 0.0928. The number of aliphatic carboxylic acids is 1. The van der Waals surface area contributed by atoms with Gasteiger partial charge in [-0.25, -0.2) is 9.59 Å². The predicted octanol–water partition coefficient (Wildman–Crippen LogP) is 1.19. The molecule has 0 saturated heterocycles. The minimum Gasteiger partial charge on any atom is -0.479 e. The van der Waals surface area contributed by atoms with Gasteiger partial charge in [-0.2, -0.15) is 0 Å². The van der Waals surface area contributed by atoms with Gasteiger partial charge >= 0.3 is 12.1 Å². The van der Waals surface area contributed by atoms with Crippen LogP contribution in [0, 0.1) is 0 Å². The number of hydrogen-bond acceptors (Lipinski definition) is 8. The summed E-state index contributed by atoms with van der Waals surface area (Å²) < 4.78 is 5.45. The first-order valence-electron chi connectivity index (χ1n) is 12.3. The monoisotopic (exact) mass is 536 g/mol. The lowest BCUT2D eigenvalue weighted by atomic mass is 9.98. The van der Waals surface area contributed by atoms with Gasteiger partial charge < -0.3 is 31.5 Å². The molecule has 2 aromatic rings. The van der Waals surface area contributed by atoms with Gasteiger partial charge in [0.25, 0.3) is 5.91 Å².